The van der Waals surface area contributed by atoms with Crippen molar-refractivity contribution in [1.82, 2.24) is 14.8 Å². The number of rotatable bonds is 4. The van der Waals surface area contributed by atoms with Crippen LogP contribution in [0.15, 0.2) is 90.1 Å². The second-order valence-electron chi connectivity index (χ2n) is 10.0. The molecule has 0 saturated carbocycles. The molecule has 7 nitrogen and oxygen atoms in total. The molecule has 0 aliphatic carbocycles. The Balaban J connectivity index is 1.57. The van der Waals surface area contributed by atoms with Crippen LogP contribution in [0, 0.1) is 0 Å². The van der Waals surface area contributed by atoms with Crippen molar-refractivity contribution in [2.75, 3.05) is 10.6 Å². The number of carbonyl (C=O) groups excluding carboxylic acids is 1. The van der Waals surface area contributed by atoms with E-state index in [9.17, 15) is 9.90 Å². The van der Waals surface area contributed by atoms with E-state index in [2.05, 4.69) is 43.5 Å². The SMILES string of the molecule is CC1=C(C(=O)Nc2ccccc2)C(c2cccc(O)c2)n2nc(-c3ccc(C(C)(C)C)cc3)nc2N1. The summed E-state index contributed by atoms with van der Waals surface area (Å²) >= 11 is 0. The summed E-state index contributed by atoms with van der Waals surface area (Å²) in [5.74, 6) is 0.954. The van der Waals surface area contributed by atoms with Gasteiger partial charge in [-0.3, -0.25) is 4.79 Å². The fourth-order valence-corrected chi connectivity index (χ4v) is 4.41. The zero-order valence-corrected chi connectivity index (χ0v) is 20.8. The molecule has 7 heteroatoms. The van der Waals surface area contributed by atoms with Gasteiger partial charge in [-0.1, -0.05) is 75.4 Å². The molecule has 0 radical (unpaired) electrons. The first-order valence-electron chi connectivity index (χ1n) is 11.9. The molecule has 36 heavy (non-hydrogen) atoms. The van der Waals surface area contributed by atoms with Gasteiger partial charge in [-0.25, -0.2) is 4.68 Å². The minimum Gasteiger partial charge on any atom is -0.508 e. The number of aromatic nitrogens is 3. The van der Waals surface area contributed by atoms with Crippen LogP contribution in [-0.2, 0) is 10.2 Å². The fraction of sp³-hybridized carbons (Fsp3) is 0.207. The number of nitrogens with one attached hydrogen (secondary N) is 2. The van der Waals surface area contributed by atoms with Gasteiger partial charge in [0.1, 0.15) is 11.8 Å². The van der Waals surface area contributed by atoms with E-state index in [0.717, 1.165) is 11.1 Å². The Hall–Kier alpha value is -4.39. The summed E-state index contributed by atoms with van der Waals surface area (Å²) in [6.07, 6.45) is 0. The minimum atomic E-state index is -0.577. The first-order valence-corrected chi connectivity index (χ1v) is 11.9. The third kappa shape index (κ3) is 4.47. The van der Waals surface area contributed by atoms with Crippen molar-refractivity contribution >= 4 is 17.5 Å². The average Bonchev–Trinajstić information content (AvgIpc) is 3.27. The average molecular weight is 480 g/mol. The van der Waals surface area contributed by atoms with Crippen LogP contribution in [0.3, 0.4) is 0 Å². The number of carbonyl (C=O) groups is 1. The Morgan fingerprint density at radius 1 is 1.00 bits per heavy atom. The van der Waals surface area contributed by atoms with Crippen LogP contribution in [-0.4, -0.2) is 25.8 Å². The molecule has 0 spiro atoms. The van der Waals surface area contributed by atoms with Crippen molar-refractivity contribution in [1.29, 1.82) is 0 Å². The molecule has 1 unspecified atom stereocenters. The number of nitrogens with zero attached hydrogens (tertiary/aromatic N) is 3. The molecule has 1 amide bonds. The fourth-order valence-electron chi connectivity index (χ4n) is 4.41. The number of phenols is 1. The van der Waals surface area contributed by atoms with Crippen molar-refractivity contribution in [2.24, 2.45) is 0 Å². The zero-order valence-electron chi connectivity index (χ0n) is 20.8. The van der Waals surface area contributed by atoms with Gasteiger partial charge in [0.05, 0.1) is 5.57 Å². The Bertz CT molecular complexity index is 1450. The van der Waals surface area contributed by atoms with Gasteiger partial charge in [-0.15, -0.1) is 5.10 Å². The number of para-hydroxylation sites is 1. The van der Waals surface area contributed by atoms with Gasteiger partial charge in [0.2, 0.25) is 5.95 Å². The number of allylic oxidation sites excluding steroid dienone is 1. The standard InChI is InChI=1S/C29H29N5O2/c1-18-24(27(36)31-22-10-6-5-7-11-22)25(20-9-8-12-23(35)17-20)34-28(30-18)32-26(33-34)19-13-15-21(16-14-19)29(2,3)4/h5-17,25,35H,1-4H3,(H,31,36)(H,30,32,33). The third-order valence-electron chi connectivity index (χ3n) is 6.32. The molecule has 1 aliphatic heterocycles. The van der Waals surface area contributed by atoms with Gasteiger partial charge in [0.15, 0.2) is 5.82 Å². The summed E-state index contributed by atoms with van der Waals surface area (Å²) < 4.78 is 1.72. The number of benzene rings is 3. The molecule has 182 valence electrons. The summed E-state index contributed by atoms with van der Waals surface area (Å²) in [6, 6.07) is 23.9. The van der Waals surface area contributed by atoms with E-state index in [1.54, 1.807) is 22.9 Å². The maximum absolute atomic E-state index is 13.5. The van der Waals surface area contributed by atoms with Gasteiger partial charge in [-0.05, 0) is 47.7 Å². The second-order valence-corrected chi connectivity index (χ2v) is 10.0. The Morgan fingerprint density at radius 3 is 2.39 bits per heavy atom. The van der Waals surface area contributed by atoms with Crippen LogP contribution in [0.2, 0.25) is 0 Å². The van der Waals surface area contributed by atoms with Crippen LogP contribution < -0.4 is 10.6 Å². The normalized spacial score (nSPS) is 15.3. The predicted molar refractivity (Wildman–Crippen MR) is 142 cm³/mol. The Kier molecular flexibility index (Phi) is 5.84. The summed E-state index contributed by atoms with van der Waals surface area (Å²) in [6.45, 7) is 8.38. The summed E-state index contributed by atoms with van der Waals surface area (Å²) in [5.41, 5.74) is 4.75. The maximum Gasteiger partial charge on any atom is 0.255 e. The van der Waals surface area contributed by atoms with Crippen LogP contribution in [0.5, 0.6) is 5.75 Å². The molecule has 3 N–H and O–H groups in total. The van der Waals surface area contributed by atoms with Gasteiger partial charge in [0.25, 0.3) is 5.91 Å². The van der Waals surface area contributed by atoms with E-state index < -0.39 is 6.04 Å². The highest BCUT2D eigenvalue weighted by atomic mass is 16.3. The van der Waals surface area contributed by atoms with Crippen LogP contribution in [0.4, 0.5) is 11.6 Å². The molecule has 1 aromatic heterocycles. The lowest BCUT2D eigenvalue weighted by atomic mass is 9.87. The number of fused-ring (bicyclic) bond motifs is 1. The number of anilines is 2. The van der Waals surface area contributed by atoms with Crippen LogP contribution in [0.1, 0.15) is 44.9 Å². The molecule has 2 heterocycles. The van der Waals surface area contributed by atoms with E-state index in [1.165, 1.54) is 5.56 Å². The largest absolute Gasteiger partial charge is 0.508 e. The van der Waals surface area contributed by atoms with Crippen molar-refractivity contribution in [2.45, 2.75) is 39.2 Å². The lowest BCUT2D eigenvalue weighted by molar-refractivity contribution is -0.113. The molecule has 0 bridgehead atoms. The third-order valence-corrected chi connectivity index (χ3v) is 6.32. The maximum atomic E-state index is 13.5. The molecular weight excluding hydrogens is 450 g/mol. The summed E-state index contributed by atoms with van der Waals surface area (Å²) in [4.78, 5) is 18.3. The monoisotopic (exact) mass is 479 g/mol. The molecule has 5 rings (SSSR count). The summed E-state index contributed by atoms with van der Waals surface area (Å²) in [7, 11) is 0. The number of amides is 1. The molecule has 1 aliphatic rings. The first-order chi connectivity index (χ1) is 17.2. The molecule has 3 aromatic carbocycles. The molecule has 0 fully saturated rings. The molecule has 1 atom stereocenters. The van der Waals surface area contributed by atoms with E-state index in [-0.39, 0.29) is 17.1 Å². The van der Waals surface area contributed by atoms with Gasteiger partial charge < -0.3 is 15.7 Å². The van der Waals surface area contributed by atoms with E-state index in [1.807, 2.05) is 55.5 Å². The van der Waals surface area contributed by atoms with Gasteiger partial charge in [0, 0.05) is 16.9 Å². The van der Waals surface area contributed by atoms with Crippen LogP contribution in [0.25, 0.3) is 11.4 Å². The predicted octanol–water partition coefficient (Wildman–Crippen LogP) is 5.88. The lowest BCUT2D eigenvalue weighted by Gasteiger charge is -2.28. The number of hydrogen-bond acceptors (Lipinski definition) is 5. The Labute approximate surface area is 210 Å². The Morgan fingerprint density at radius 2 is 1.72 bits per heavy atom. The van der Waals surface area contributed by atoms with E-state index in [4.69, 9.17) is 10.1 Å². The van der Waals surface area contributed by atoms with Crippen molar-refractivity contribution in [3.63, 3.8) is 0 Å². The lowest BCUT2D eigenvalue weighted by Crippen LogP contribution is -2.31. The highest BCUT2D eigenvalue weighted by Gasteiger charge is 2.34. The number of hydrogen-bond donors (Lipinski definition) is 3. The molecule has 4 aromatic rings. The molecular formula is C29H29N5O2. The smallest absolute Gasteiger partial charge is 0.255 e. The highest BCUT2D eigenvalue weighted by molar-refractivity contribution is 6.06. The van der Waals surface area contributed by atoms with Crippen molar-refractivity contribution < 1.29 is 9.90 Å². The van der Waals surface area contributed by atoms with E-state index >= 15 is 0 Å². The van der Waals surface area contributed by atoms with E-state index in [0.29, 0.717) is 28.7 Å². The minimum absolute atomic E-state index is 0.0450. The topological polar surface area (TPSA) is 92.1 Å². The highest BCUT2D eigenvalue weighted by Crippen LogP contribution is 2.38. The van der Waals surface area contributed by atoms with Crippen molar-refractivity contribution in [3.8, 4) is 17.1 Å². The van der Waals surface area contributed by atoms with Gasteiger partial charge in [-0.2, -0.15) is 4.98 Å². The second kappa shape index (κ2) is 9.00. The number of phenolic OH excluding ortho intramolecular Hbond substituents is 1. The van der Waals surface area contributed by atoms with Crippen LogP contribution >= 0.6 is 0 Å². The molecule has 0 saturated heterocycles. The van der Waals surface area contributed by atoms with Gasteiger partial charge >= 0.3 is 0 Å². The zero-order chi connectivity index (χ0) is 25.4. The first kappa shape index (κ1) is 23.4. The summed E-state index contributed by atoms with van der Waals surface area (Å²) in [5, 5.41) is 21.3. The number of aromatic hydroxyl groups is 1. The quantitative estimate of drug-likeness (QED) is 0.340. The van der Waals surface area contributed by atoms with Crippen molar-refractivity contribution in [3.05, 3.63) is 101 Å².